The zero-order valence-electron chi connectivity index (χ0n) is 14.4. The van der Waals surface area contributed by atoms with Crippen LogP contribution >= 0.6 is 0 Å². The van der Waals surface area contributed by atoms with Crippen LogP contribution in [0.15, 0.2) is 24.3 Å². The molecule has 0 bridgehead atoms. The Bertz CT molecular complexity index is 762. The highest BCUT2D eigenvalue weighted by Crippen LogP contribution is 2.33. The number of nitrogens with zero attached hydrogens (tertiary/aromatic N) is 2. The lowest BCUT2D eigenvalue weighted by Crippen LogP contribution is -2.53. The van der Waals surface area contributed by atoms with Crippen molar-refractivity contribution < 1.29 is 19.1 Å². The van der Waals surface area contributed by atoms with Crippen molar-refractivity contribution in [1.29, 1.82) is 5.26 Å². The van der Waals surface area contributed by atoms with E-state index in [4.69, 9.17) is 10.00 Å². The Hall–Kier alpha value is -3.08. The normalized spacial score (nSPS) is 19.6. The maximum atomic E-state index is 12.6. The van der Waals surface area contributed by atoms with Crippen molar-refractivity contribution in [2.45, 2.75) is 50.7 Å². The van der Waals surface area contributed by atoms with Gasteiger partial charge in [0, 0.05) is 0 Å². The van der Waals surface area contributed by atoms with E-state index in [1.54, 1.807) is 24.3 Å². The van der Waals surface area contributed by atoms with Gasteiger partial charge in [-0.05, 0) is 44.0 Å². The summed E-state index contributed by atoms with van der Waals surface area (Å²) in [6.45, 7) is 1.52. The first-order valence-electron chi connectivity index (χ1n) is 8.59. The summed E-state index contributed by atoms with van der Waals surface area (Å²) in [5.74, 6) is -0.612. The van der Waals surface area contributed by atoms with E-state index in [-0.39, 0.29) is 0 Å². The molecule has 136 valence electrons. The summed E-state index contributed by atoms with van der Waals surface area (Å²) in [5, 5.41) is 12.3. The van der Waals surface area contributed by atoms with Crippen LogP contribution in [0.4, 0.5) is 4.79 Å². The van der Waals surface area contributed by atoms with Gasteiger partial charge in [-0.25, -0.2) is 4.79 Å². The number of amides is 4. The van der Waals surface area contributed by atoms with Gasteiger partial charge in [-0.2, -0.15) is 10.3 Å². The van der Waals surface area contributed by atoms with Crippen LogP contribution in [0.5, 0.6) is 5.75 Å². The van der Waals surface area contributed by atoms with Crippen molar-refractivity contribution in [3.8, 4) is 11.8 Å². The van der Waals surface area contributed by atoms with Gasteiger partial charge in [-0.3, -0.25) is 15.0 Å². The summed E-state index contributed by atoms with van der Waals surface area (Å²) < 4.78 is 5.50. The number of rotatable bonds is 4. The molecule has 2 fully saturated rings. The van der Waals surface area contributed by atoms with Gasteiger partial charge in [0.2, 0.25) is 0 Å². The number of carbonyl (C=O) groups is 3. The zero-order chi connectivity index (χ0) is 18.7. The molecule has 1 aliphatic heterocycles. The quantitative estimate of drug-likeness (QED) is 0.796. The van der Waals surface area contributed by atoms with Crippen LogP contribution in [0.2, 0.25) is 0 Å². The van der Waals surface area contributed by atoms with Gasteiger partial charge in [0.25, 0.3) is 11.8 Å². The summed E-state index contributed by atoms with van der Waals surface area (Å²) in [7, 11) is 0. The number of nitrogens with one attached hydrogen (secondary N) is 2. The summed E-state index contributed by atoms with van der Waals surface area (Å²) in [4.78, 5) is 37.1. The van der Waals surface area contributed by atoms with Gasteiger partial charge >= 0.3 is 6.03 Å². The average molecular weight is 356 g/mol. The second-order valence-electron chi connectivity index (χ2n) is 6.59. The third kappa shape index (κ3) is 3.33. The van der Waals surface area contributed by atoms with Gasteiger partial charge < -0.3 is 10.1 Å². The van der Waals surface area contributed by atoms with Crippen molar-refractivity contribution in [3.63, 3.8) is 0 Å². The number of ether oxygens (including phenoxy) is 1. The molecule has 1 unspecified atom stereocenters. The van der Waals surface area contributed by atoms with Crippen LogP contribution in [0.25, 0.3) is 0 Å². The third-order valence-corrected chi connectivity index (χ3v) is 4.76. The highest BCUT2D eigenvalue weighted by Gasteiger charge is 2.52. The van der Waals surface area contributed by atoms with Gasteiger partial charge in [0.05, 0.1) is 11.6 Å². The van der Waals surface area contributed by atoms with E-state index in [0.717, 1.165) is 24.3 Å². The molecule has 1 heterocycles. The molecule has 4 amide bonds. The fraction of sp³-hybridized carbons (Fsp3) is 0.444. The van der Waals surface area contributed by atoms with E-state index in [0.29, 0.717) is 24.2 Å². The molecule has 0 radical (unpaired) electrons. The molecule has 1 saturated carbocycles. The second-order valence-corrected chi connectivity index (χ2v) is 6.59. The monoisotopic (exact) mass is 356 g/mol. The van der Waals surface area contributed by atoms with Crippen molar-refractivity contribution in [3.05, 3.63) is 29.8 Å². The maximum absolute atomic E-state index is 12.6. The van der Waals surface area contributed by atoms with Crippen LogP contribution < -0.4 is 15.5 Å². The van der Waals surface area contributed by atoms with E-state index >= 15 is 0 Å². The Kier molecular flexibility index (Phi) is 4.80. The highest BCUT2D eigenvalue weighted by atomic mass is 16.5. The minimum absolute atomic E-state index is 0.410. The molecule has 2 aliphatic rings. The van der Waals surface area contributed by atoms with E-state index in [1.807, 2.05) is 6.07 Å². The van der Waals surface area contributed by atoms with Crippen molar-refractivity contribution in [1.82, 2.24) is 15.8 Å². The predicted octanol–water partition coefficient (Wildman–Crippen LogP) is 1.61. The van der Waals surface area contributed by atoms with Crippen molar-refractivity contribution in [2.24, 2.45) is 0 Å². The topological polar surface area (TPSA) is 112 Å². The smallest absolute Gasteiger partial charge is 0.344 e. The summed E-state index contributed by atoms with van der Waals surface area (Å²) >= 11 is 0. The average Bonchev–Trinajstić information content (AvgIpc) is 2.87. The van der Waals surface area contributed by atoms with Crippen LogP contribution in [-0.2, 0) is 9.59 Å². The van der Waals surface area contributed by atoms with E-state index < -0.39 is 29.5 Å². The molecule has 2 N–H and O–H groups in total. The number of hydrogen-bond acceptors (Lipinski definition) is 5. The van der Waals surface area contributed by atoms with Gasteiger partial charge in [0.15, 0.2) is 6.10 Å². The van der Waals surface area contributed by atoms with Crippen molar-refractivity contribution >= 4 is 17.8 Å². The Morgan fingerprint density at radius 3 is 2.54 bits per heavy atom. The largest absolute Gasteiger partial charge is 0.481 e. The molecule has 1 aromatic rings. The SMILES string of the molecule is CC(Oc1ccc(C#N)cc1)C(=O)NN1C(=O)NC2(CCCCC2)C1=O. The molecule has 8 heteroatoms. The molecule has 1 aliphatic carbocycles. The van der Waals surface area contributed by atoms with Crippen LogP contribution in [-0.4, -0.2) is 34.5 Å². The molecular formula is C18H20N4O4. The molecule has 1 spiro atoms. The van der Waals surface area contributed by atoms with Crippen LogP contribution in [0.1, 0.15) is 44.6 Å². The van der Waals surface area contributed by atoms with E-state index in [2.05, 4.69) is 10.7 Å². The zero-order valence-corrected chi connectivity index (χ0v) is 14.4. The lowest BCUT2D eigenvalue weighted by Gasteiger charge is -2.30. The summed E-state index contributed by atoms with van der Waals surface area (Å²) in [6.07, 6.45) is 3.01. The minimum atomic E-state index is -0.925. The second kappa shape index (κ2) is 7.04. The number of hydrazine groups is 1. The van der Waals surface area contributed by atoms with Crippen molar-refractivity contribution in [2.75, 3.05) is 0 Å². The molecule has 1 atom stereocenters. The minimum Gasteiger partial charge on any atom is -0.481 e. The molecule has 1 aromatic carbocycles. The molecular weight excluding hydrogens is 336 g/mol. The predicted molar refractivity (Wildman–Crippen MR) is 90.6 cm³/mol. The van der Waals surface area contributed by atoms with E-state index in [1.165, 1.54) is 6.92 Å². The van der Waals surface area contributed by atoms with Crippen LogP contribution in [0.3, 0.4) is 0 Å². The summed E-state index contributed by atoms with van der Waals surface area (Å²) in [6, 6.07) is 7.68. The van der Waals surface area contributed by atoms with Crippen LogP contribution in [0, 0.1) is 11.3 Å². The van der Waals surface area contributed by atoms with Gasteiger partial charge in [-0.15, -0.1) is 0 Å². The first-order valence-corrected chi connectivity index (χ1v) is 8.59. The standard InChI is InChI=1S/C18H20N4O4/c1-12(26-14-7-5-13(11-19)6-8-14)15(23)21-22-16(24)18(20-17(22)25)9-3-2-4-10-18/h5-8,12H,2-4,9-10H2,1H3,(H,20,25)(H,21,23). The lowest BCUT2D eigenvalue weighted by atomic mass is 9.82. The summed E-state index contributed by atoms with van der Waals surface area (Å²) in [5.41, 5.74) is 1.94. The molecule has 3 rings (SSSR count). The molecule has 1 saturated heterocycles. The molecule has 0 aromatic heterocycles. The molecule has 8 nitrogen and oxygen atoms in total. The number of carbonyl (C=O) groups excluding carboxylic acids is 3. The van der Waals surface area contributed by atoms with Gasteiger partial charge in [-0.1, -0.05) is 19.3 Å². The Labute approximate surface area is 151 Å². The van der Waals surface area contributed by atoms with E-state index in [9.17, 15) is 14.4 Å². The Morgan fingerprint density at radius 2 is 1.92 bits per heavy atom. The van der Waals surface area contributed by atoms with Gasteiger partial charge in [0.1, 0.15) is 11.3 Å². The fourth-order valence-electron chi connectivity index (χ4n) is 3.28. The first-order chi connectivity index (χ1) is 12.4. The lowest BCUT2D eigenvalue weighted by molar-refractivity contribution is -0.142. The first kappa shape index (κ1) is 17.7. The number of hydrogen-bond donors (Lipinski definition) is 2. The Morgan fingerprint density at radius 1 is 1.27 bits per heavy atom. The maximum Gasteiger partial charge on any atom is 0.344 e. The fourth-order valence-corrected chi connectivity index (χ4v) is 3.28. The number of nitriles is 1. The number of urea groups is 1. The highest BCUT2D eigenvalue weighted by molar-refractivity contribution is 6.08. The molecule has 26 heavy (non-hydrogen) atoms. The number of imide groups is 1. The third-order valence-electron chi connectivity index (χ3n) is 4.76. The number of benzene rings is 1. The Balaban J connectivity index is 1.62.